The quantitative estimate of drug-likeness (QED) is 0.392. The summed E-state index contributed by atoms with van der Waals surface area (Å²) < 4.78 is 33.1. The fraction of sp³-hybridized carbons (Fsp3) is 0.0800. The van der Waals surface area contributed by atoms with Gasteiger partial charge in [-0.15, -0.1) is 0 Å². The predicted molar refractivity (Wildman–Crippen MR) is 125 cm³/mol. The van der Waals surface area contributed by atoms with Crippen LogP contribution in [0.15, 0.2) is 102 Å². The number of carbonyl (C=O) groups excluding carboxylic acids is 1. The molecule has 0 spiro atoms. The third-order valence-corrected chi connectivity index (χ3v) is 6.24. The van der Waals surface area contributed by atoms with Gasteiger partial charge in [0.1, 0.15) is 12.4 Å². The third kappa shape index (κ3) is 5.07. The Morgan fingerprint density at radius 1 is 0.781 bits per heavy atom. The van der Waals surface area contributed by atoms with Crippen LogP contribution in [0.5, 0.6) is 5.75 Å². The lowest BCUT2D eigenvalue weighted by molar-refractivity contribution is 0.0947. The lowest BCUT2D eigenvalue weighted by atomic mass is 10.1. The molecule has 0 aliphatic carbocycles. The SMILES string of the molecule is O=C(NCCOc1cccc2ccccc12)c1ccc(NS(=O)(=O)c2ccccc2)cc1. The van der Waals surface area contributed by atoms with E-state index < -0.39 is 10.0 Å². The Balaban J connectivity index is 1.30. The molecule has 4 aromatic carbocycles. The molecule has 0 saturated carbocycles. The molecule has 0 atom stereocenters. The van der Waals surface area contributed by atoms with E-state index in [1.807, 2.05) is 42.5 Å². The van der Waals surface area contributed by atoms with Crippen LogP contribution in [0.25, 0.3) is 10.8 Å². The highest BCUT2D eigenvalue weighted by Gasteiger charge is 2.14. The first-order valence-electron chi connectivity index (χ1n) is 10.1. The van der Waals surface area contributed by atoms with Crippen LogP contribution in [0.3, 0.4) is 0 Å². The fourth-order valence-corrected chi connectivity index (χ4v) is 4.33. The van der Waals surface area contributed by atoms with E-state index >= 15 is 0 Å². The molecule has 0 aliphatic heterocycles. The molecule has 0 unspecified atom stereocenters. The zero-order chi connectivity index (χ0) is 22.4. The van der Waals surface area contributed by atoms with E-state index in [1.54, 1.807) is 42.5 Å². The van der Waals surface area contributed by atoms with Gasteiger partial charge in [-0.05, 0) is 47.9 Å². The van der Waals surface area contributed by atoms with Gasteiger partial charge in [0.25, 0.3) is 15.9 Å². The molecule has 6 nitrogen and oxygen atoms in total. The summed E-state index contributed by atoms with van der Waals surface area (Å²) in [6.45, 7) is 0.666. The molecule has 0 heterocycles. The number of hydrogen-bond acceptors (Lipinski definition) is 4. The number of hydrogen-bond donors (Lipinski definition) is 2. The van der Waals surface area contributed by atoms with Gasteiger partial charge in [-0.25, -0.2) is 8.42 Å². The maximum atomic E-state index is 12.4. The van der Waals surface area contributed by atoms with E-state index in [2.05, 4.69) is 10.0 Å². The summed E-state index contributed by atoms with van der Waals surface area (Å²) in [5, 5.41) is 4.93. The summed E-state index contributed by atoms with van der Waals surface area (Å²) >= 11 is 0. The zero-order valence-electron chi connectivity index (χ0n) is 17.2. The lowest BCUT2D eigenvalue weighted by Gasteiger charge is -2.11. The highest BCUT2D eigenvalue weighted by molar-refractivity contribution is 7.92. The van der Waals surface area contributed by atoms with Crippen molar-refractivity contribution in [2.45, 2.75) is 4.90 Å². The molecule has 4 aromatic rings. The first kappa shape index (κ1) is 21.4. The molecule has 7 heteroatoms. The maximum absolute atomic E-state index is 12.4. The molecule has 162 valence electrons. The average Bonchev–Trinajstić information content (AvgIpc) is 2.82. The van der Waals surface area contributed by atoms with Crippen LogP contribution in [-0.2, 0) is 10.0 Å². The number of benzene rings is 4. The molecule has 0 aromatic heterocycles. The second-order valence-corrected chi connectivity index (χ2v) is 8.76. The molecule has 2 N–H and O–H groups in total. The van der Waals surface area contributed by atoms with Crippen molar-refractivity contribution in [1.29, 1.82) is 0 Å². The Labute approximate surface area is 186 Å². The van der Waals surface area contributed by atoms with Crippen molar-refractivity contribution >= 4 is 32.4 Å². The predicted octanol–water partition coefficient (Wildman–Crippen LogP) is 4.45. The second-order valence-electron chi connectivity index (χ2n) is 7.08. The number of carbonyl (C=O) groups is 1. The number of rotatable bonds is 8. The van der Waals surface area contributed by atoms with Crippen LogP contribution in [0.2, 0.25) is 0 Å². The van der Waals surface area contributed by atoms with Gasteiger partial charge in [-0.1, -0.05) is 54.6 Å². The average molecular weight is 447 g/mol. The first-order valence-corrected chi connectivity index (χ1v) is 11.6. The van der Waals surface area contributed by atoms with Gasteiger partial charge in [0.05, 0.1) is 11.4 Å². The highest BCUT2D eigenvalue weighted by atomic mass is 32.2. The summed E-state index contributed by atoms with van der Waals surface area (Å²) in [4.78, 5) is 12.6. The van der Waals surface area contributed by atoms with Crippen LogP contribution < -0.4 is 14.8 Å². The molecule has 0 radical (unpaired) electrons. The minimum atomic E-state index is -3.67. The molecule has 0 fully saturated rings. The van der Waals surface area contributed by atoms with E-state index in [0.29, 0.717) is 24.4 Å². The van der Waals surface area contributed by atoms with E-state index in [1.165, 1.54) is 12.1 Å². The minimum absolute atomic E-state index is 0.174. The van der Waals surface area contributed by atoms with Crippen LogP contribution >= 0.6 is 0 Å². The Hall–Kier alpha value is -3.84. The Morgan fingerprint density at radius 3 is 2.25 bits per heavy atom. The molecule has 0 saturated heterocycles. The smallest absolute Gasteiger partial charge is 0.261 e. The van der Waals surface area contributed by atoms with Crippen LogP contribution in [-0.4, -0.2) is 27.5 Å². The molecule has 1 amide bonds. The van der Waals surface area contributed by atoms with Gasteiger partial charge in [0.2, 0.25) is 0 Å². The number of anilines is 1. The van der Waals surface area contributed by atoms with Crippen molar-refractivity contribution in [1.82, 2.24) is 5.32 Å². The number of ether oxygens (including phenoxy) is 1. The molecule has 32 heavy (non-hydrogen) atoms. The molecule has 4 rings (SSSR count). The summed E-state index contributed by atoms with van der Waals surface area (Å²) in [6, 6.07) is 28.2. The summed E-state index contributed by atoms with van der Waals surface area (Å²) in [5.74, 6) is 0.511. The Kier molecular flexibility index (Phi) is 6.37. The number of nitrogens with one attached hydrogen (secondary N) is 2. The largest absolute Gasteiger partial charge is 0.491 e. The monoisotopic (exact) mass is 446 g/mol. The highest BCUT2D eigenvalue weighted by Crippen LogP contribution is 2.25. The Morgan fingerprint density at radius 2 is 1.47 bits per heavy atom. The van der Waals surface area contributed by atoms with Crippen molar-refractivity contribution in [2.75, 3.05) is 17.9 Å². The summed E-state index contributed by atoms with van der Waals surface area (Å²) in [5.41, 5.74) is 0.808. The van der Waals surface area contributed by atoms with Gasteiger partial charge >= 0.3 is 0 Å². The minimum Gasteiger partial charge on any atom is -0.491 e. The van der Waals surface area contributed by atoms with Gasteiger partial charge in [-0.2, -0.15) is 0 Å². The van der Waals surface area contributed by atoms with Crippen molar-refractivity contribution < 1.29 is 17.9 Å². The molecular formula is C25H22N2O4S. The second kappa shape index (κ2) is 9.53. The molecule has 0 bridgehead atoms. The van der Waals surface area contributed by atoms with Gasteiger partial charge < -0.3 is 10.1 Å². The number of fused-ring (bicyclic) bond motifs is 1. The van der Waals surface area contributed by atoms with Crippen molar-refractivity contribution in [3.05, 3.63) is 103 Å². The first-order chi connectivity index (χ1) is 15.5. The topological polar surface area (TPSA) is 84.5 Å². The normalized spacial score (nSPS) is 11.1. The van der Waals surface area contributed by atoms with Crippen LogP contribution in [0.1, 0.15) is 10.4 Å². The maximum Gasteiger partial charge on any atom is 0.261 e. The van der Waals surface area contributed by atoms with Gasteiger partial charge in [0.15, 0.2) is 0 Å². The van der Waals surface area contributed by atoms with Gasteiger partial charge in [0, 0.05) is 16.6 Å². The van der Waals surface area contributed by atoms with Crippen molar-refractivity contribution in [3.63, 3.8) is 0 Å². The van der Waals surface area contributed by atoms with Gasteiger partial charge in [-0.3, -0.25) is 9.52 Å². The van der Waals surface area contributed by atoms with E-state index in [0.717, 1.165) is 16.5 Å². The van der Waals surface area contributed by atoms with Crippen molar-refractivity contribution in [3.8, 4) is 5.75 Å². The van der Waals surface area contributed by atoms with Crippen LogP contribution in [0, 0.1) is 0 Å². The lowest BCUT2D eigenvalue weighted by Crippen LogP contribution is -2.28. The fourth-order valence-electron chi connectivity index (χ4n) is 3.25. The molecule has 0 aliphatic rings. The van der Waals surface area contributed by atoms with E-state index in [-0.39, 0.29) is 10.8 Å². The summed E-state index contributed by atoms with van der Waals surface area (Å²) in [6.07, 6.45) is 0. The van der Waals surface area contributed by atoms with Crippen LogP contribution in [0.4, 0.5) is 5.69 Å². The number of amides is 1. The zero-order valence-corrected chi connectivity index (χ0v) is 18.0. The van der Waals surface area contributed by atoms with E-state index in [9.17, 15) is 13.2 Å². The Bertz CT molecular complexity index is 1320. The summed E-state index contributed by atoms with van der Waals surface area (Å²) in [7, 11) is -3.67. The van der Waals surface area contributed by atoms with E-state index in [4.69, 9.17) is 4.74 Å². The third-order valence-electron chi connectivity index (χ3n) is 4.85. The number of sulfonamides is 1. The molecular weight excluding hydrogens is 424 g/mol. The standard InChI is InChI=1S/C25H22N2O4S/c28-25(26-17-18-31-24-12-6-8-19-7-4-5-11-23(19)24)20-13-15-21(16-14-20)27-32(29,30)22-9-2-1-3-10-22/h1-16,27H,17-18H2,(H,26,28). The van der Waals surface area contributed by atoms with Crippen molar-refractivity contribution in [2.24, 2.45) is 0 Å².